The summed E-state index contributed by atoms with van der Waals surface area (Å²) in [6.45, 7) is 7.62. The van der Waals surface area contributed by atoms with Gasteiger partial charge in [0, 0.05) is 30.2 Å². The minimum atomic E-state index is -0.806. The predicted octanol–water partition coefficient (Wildman–Crippen LogP) is 3.82. The van der Waals surface area contributed by atoms with Crippen molar-refractivity contribution in [2.24, 2.45) is 5.92 Å². The van der Waals surface area contributed by atoms with Gasteiger partial charge in [-0.3, -0.25) is 0 Å². The van der Waals surface area contributed by atoms with Crippen LogP contribution in [0.25, 0.3) is 0 Å². The van der Waals surface area contributed by atoms with Crippen LogP contribution < -0.4 is 5.32 Å². The van der Waals surface area contributed by atoms with Gasteiger partial charge in [0.05, 0.1) is 6.10 Å². The van der Waals surface area contributed by atoms with E-state index in [0.29, 0.717) is 12.2 Å². The van der Waals surface area contributed by atoms with Gasteiger partial charge in [0.15, 0.2) is 11.6 Å². The Hall–Kier alpha value is -1.00. The molecule has 1 aliphatic heterocycles. The molecule has 2 nitrogen and oxygen atoms in total. The summed E-state index contributed by atoms with van der Waals surface area (Å²) in [5, 5.41) is 3.43. The first-order valence-corrected chi connectivity index (χ1v) is 7.19. The van der Waals surface area contributed by atoms with Crippen molar-refractivity contribution in [3.8, 4) is 0 Å². The average molecular weight is 283 g/mol. The molecule has 1 aromatic carbocycles. The fraction of sp³-hybridized carbons (Fsp3) is 0.625. The molecular formula is C16H23F2NO. The lowest BCUT2D eigenvalue weighted by atomic mass is 9.88. The van der Waals surface area contributed by atoms with E-state index in [9.17, 15) is 8.78 Å². The molecule has 0 aromatic heterocycles. The third-order valence-electron chi connectivity index (χ3n) is 3.63. The Morgan fingerprint density at radius 3 is 2.75 bits per heavy atom. The van der Waals surface area contributed by atoms with E-state index in [-0.39, 0.29) is 17.6 Å². The summed E-state index contributed by atoms with van der Waals surface area (Å²) in [4.78, 5) is 0. The molecule has 112 valence electrons. The van der Waals surface area contributed by atoms with Crippen molar-refractivity contribution in [3.63, 3.8) is 0 Å². The minimum absolute atomic E-state index is 0.00246. The molecule has 0 aliphatic carbocycles. The van der Waals surface area contributed by atoms with Crippen molar-refractivity contribution >= 4 is 0 Å². The van der Waals surface area contributed by atoms with Crippen LogP contribution in [0.4, 0.5) is 8.78 Å². The zero-order valence-corrected chi connectivity index (χ0v) is 12.4. The quantitative estimate of drug-likeness (QED) is 0.910. The van der Waals surface area contributed by atoms with E-state index in [1.54, 1.807) is 12.1 Å². The molecule has 0 amide bonds. The summed E-state index contributed by atoms with van der Waals surface area (Å²) in [6.07, 6.45) is 1.56. The largest absolute Gasteiger partial charge is 0.373 e. The SMILES string of the molecule is CC(C)(C)NCC1CCCOC1c1cccc(F)c1F. The van der Waals surface area contributed by atoms with E-state index in [0.717, 1.165) is 25.5 Å². The number of rotatable bonds is 3. The summed E-state index contributed by atoms with van der Waals surface area (Å²) in [7, 11) is 0. The molecule has 2 unspecified atom stereocenters. The maximum absolute atomic E-state index is 14.0. The van der Waals surface area contributed by atoms with E-state index in [4.69, 9.17) is 4.74 Å². The molecule has 2 rings (SSSR count). The van der Waals surface area contributed by atoms with Gasteiger partial charge >= 0.3 is 0 Å². The molecule has 2 atom stereocenters. The van der Waals surface area contributed by atoms with Crippen LogP contribution in [0.3, 0.4) is 0 Å². The van der Waals surface area contributed by atoms with Crippen molar-refractivity contribution in [1.82, 2.24) is 5.32 Å². The maximum Gasteiger partial charge on any atom is 0.164 e. The van der Waals surface area contributed by atoms with Crippen LogP contribution in [-0.2, 0) is 4.74 Å². The van der Waals surface area contributed by atoms with Crippen molar-refractivity contribution in [1.29, 1.82) is 0 Å². The number of nitrogens with one attached hydrogen (secondary N) is 1. The molecule has 0 bridgehead atoms. The summed E-state index contributed by atoms with van der Waals surface area (Å²) >= 11 is 0. The number of benzene rings is 1. The molecule has 1 aliphatic rings. The summed E-state index contributed by atoms with van der Waals surface area (Å²) < 4.78 is 33.1. The van der Waals surface area contributed by atoms with Gasteiger partial charge in [0.25, 0.3) is 0 Å². The zero-order valence-electron chi connectivity index (χ0n) is 12.4. The van der Waals surface area contributed by atoms with Crippen LogP contribution in [0.2, 0.25) is 0 Å². The molecule has 0 radical (unpaired) electrons. The first kappa shape index (κ1) is 15.4. The highest BCUT2D eigenvalue weighted by Crippen LogP contribution is 2.35. The number of hydrogen-bond acceptors (Lipinski definition) is 2. The van der Waals surface area contributed by atoms with Crippen LogP contribution in [0.1, 0.15) is 45.3 Å². The zero-order chi connectivity index (χ0) is 14.8. The summed E-state index contributed by atoms with van der Waals surface area (Å²) in [6, 6.07) is 4.31. The second kappa shape index (κ2) is 6.19. The molecule has 20 heavy (non-hydrogen) atoms. The second-order valence-electron chi connectivity index (χ2n) is 6.47. The van der Waals surface area contributed by atoms with E-state index in [1.165, 1.54) is 0 Å². The monoisotopic (exact) mass is 283 g/mol. The fourth-order valence-electron chi connectivity index (χ4n) is 2.57. The molecule has 1 N–H and O–H groups in total. The standard InChI is InChI=1S/C16H23F2NO/c1-16(2,3)19-10-11-6-5-9-20-15(11)12-7-4-8-13(17)14(12)18/h4,7-8,11,15,19H,5-6,9-10H2,1-3H3. The van der Waals surface area contributed by atoms with Crippen LogP contribution in [0, 0.1) is 17.6 Å². The topological polar surface area (TPSA) is 21.3 Å². The third kappa shape index (κ3) is 3.76. The highest BCUT2D eigenvalue weighted by Gasteiger charge is 2.31. The van der Waals surface area contributed by atoms with Gasteiger partial charge in [0.2, 0.25) is 0 Å². The Morgan fingerprint density at radius 2 is 2.05 bits per heavy atom. The van der Waals surface area contributed by atoms with Gasteiger partial charge < -0.3 is 10.1 Å². The van der Waals surface area contributed by atoms with Crippen LogP contribution in [0.5, 0.6) is 0 Å². The molecule has 1 heterocycles. The van der Waals surface area contributed by atoms with Gasteiger partial charge in [-0.1, -0.05) is 12.1 Å². The molecule has 1 fully saturated rings. The van der Waals surface area contributed by atoms with E-state index in [2.05, 4.69) is 26.1 Å². The lowest BCUT2D eigenvalue weighted by molar-refractivity contribution is -0.0314. The Bertz CT molecular complexity index is 456. The molecule has 1 saturated heterocycles. The Morgan fingerprint density at radius 1 is 1.30 bits per heavy atom. The lowest BCUT2D eigenvalue weighted by Gasteiger charge is -2.34. The van der Waals surface area contributed by atoms with E-state index < -0.39 is 11.6 Å². The third-order valence-corrected chi connectivity index (χ3v) is 3.63. The van der Waals surface area contributed by atoms with Gasteiger partial charge in [-0.2, -0.15) is 0 Å². The molecular weight excluding hydrogens is 260 g/mol. The van der Waals surface area contributed by atoms with Crippen LogP contribution in [-0.4, -0.2) is 18.7 Å². The minimum Gasteiger partial charge on any atom is -0.373 e. The van der Waals surface area contributed by atoms with Crippen molar-refractivity contribution in [3.05, 3.63) is 35.4 Å². The van der Waals surface area contributed by atoms with Crippen molar-refractivity contribution in [2.45, 2.75) is 45.3 Å². The van der Waals surface area contributed by atoms with Crippen LogP contribution in [0.15, 0.2) is 18.2 Å². The Kier molecular flexibility index (Phi) is 4.76. The van der Waals surface area contributed by atoms with Crippen molar-refractivity contribution in [2.75, 3.05) is 13.2 Å². The number of ether oxygens (including phenoxy) is 1. The van der Waals surface area contributed by atoms with Gasteiger partial charge in [-0.15, -0.1) is 0 Å². The highest BCUT2D eigenvalue weighted by molar-refractivity contribution is 5.22. The van der Waals surface area contributed by atoms with Gasteiger partial charge in [-0.05, 0) is 39.7 Å². The molecule has 0 spiro atoms. The smallest absolute Gasteiger partial charge is 0.164 e. The number of hydrogen-bond donors (Lipinski definition) is 1. The molecule has 4 heteroatoms. The molecule has 0 saturated carbocycles. The van der Waals surface area contributed by atoms with Crippen LogP contribution >= 0.6 is 0 Å². The Balaban J connectivity index is 2.16. The highest BCUT2D eigenvalue weighted by atomic mass is 19.2. The first-order chi connectivity index (χ1) is 9.38. The second-order valence-corrected chi connectivity index (χ2v) is 6.47. The normalized spacial score (nSPS) is 23.9. The molecule has 1 aromatic rings. The van der Waals surface area contributed by atoms with Crippen molar-refractivity contribution < 1.29 is 13.5 Å². The maximum atomic E-state index is 14.0. The fourth-order valence-corrected chi connectivity index (χ4v) is 2.57. The van der Waals surface area contributed by atoms with Gasteiger partial charge in [0.1, 0.15) is 0 Å². The van der Waals surface area contributed by atoms with E-state index in [1.807, 2.05) is 0 Å². The average Bonchev–Trinajstić information content (AvgIpc) is 2.39. The lowest BCUT2D eigenvalue weighted by Crippen LogP contribution is -2.41. The first-order valence-electron chi connectivity index (χ1n) is 7.19. The number of halogens is 2. The van der Waals surface area contributed by atoms with E-state index >= 15 is 0 Å². The summed E-state index contributed by atoms with van der Waals surface area (Å²) in [5.74, 6) is -1.42. The Labute approximate surface area is 119 Å². The summed E-state index contributed by atoms with van der Waals surface area (Å²) in [5.41, 5.74) is 0.341. The predicted molar refractivity (Wildman–Crippen MR) is 75.5 cm³/mol. The van der Waals surface area contributed by atoms with Gasteiger partial charge in [-0.25, -0.2) is 8.78 Å².